The number of hydrogen-bond donors (Lipinski definition) is 2. The minimum absolute atomic E-state index is 0.103. The lowest BCUT2D eigenvalue weighted by atomic mass is 9.85. The number of aromatic nitrogens is 3. The number of hydrogen-bond acceptors (Lipinski definition) is 4. The SMILES string of the molecule is CC[C@H]1CC[C@H](n2cc3cc(NC(=O)c4ccc(F)cn4)c(C(C)(C)O)cc3n2)CC1. The van der Waals surface area contributed by atoms with Crippen molar-refractivity contribution in [3.8, 4) is 0 Å². The van der Waals surface area contributed by atoms with E-state index in [9.17, 15) is 14.3 Å². The van der Waals surface area contributed by atoms with Crippen molar-refractivity contribution >= 4 is 22.5 Å². The molecule has 0 radical (unpaired) electrons. The molecule has 1 aliphatic carbocycles. The van der Waals surface area contributed by atoms with Crippen LogP contribution in [0.2, 0.25) is 0 Å². The number of nitrogens with one attached hydrogen (secondary N) is 1. The van der Waals surface area contributed by atoms with E-state index >= 15 is 0 Å². The molecule has 2 heterocycles. The number of halogens is 1. The highest BCUT2D eigenvalue weighted by molar-refractivity contribution is 6.04. The molecule has 164 valence electrons. The molecule has 2 N–H and O–H groups in total. The fourth-order valence-corrected chi connectivity index (χ4v) is 4.40. The van der Waals surface area contributed by atoms with Crippen molar-refractivity contribution in [2.45, 2.75) is 64.5 Å². The second kappa shape index (κ2) is 8.38. The van der Waals surface area contributed by atoms with Gasteiger partial charge in [0, 0.05) is 22.8 Å². The summed E-state index contributed by atoms with van der Waals surface area (Å²) in [5, 5.41) is 19.2. The summed E-state index contributed by atoms with van der Waals surface area (Å²) in [7, 11) is 0. The average molecular weight is 425 g/mol. The first-order valence-electron chi connectivity index (χ1n) is 10.9. The molecule has 1 aromatic carbocycles. The van der Waals surface area contributed by atoms with Gasteiger partial charge in [0.05, 0.1) is 23.4 Å². The van der Waals surface area contributed by atoms with Gasteiger partial charge in [0.2, 0.25) is 0 Å². The Morgan fingerprint density at radius 3 is 2.61 bits per heavy atom. The molecule has 1 fully saturated rings. The minimum atomic E-state index is -1.18. The second-order valence-electron chi connectivity index (χ2n) is 9.02. The van der Waals surface area contributed by atoms with Crippen molar-refractivity contribution in [1.82, 2.24) is 14.8 Å². The first-order valence-corrected chi connectivity index (χ1v) is 10.9. The maximum atomic E-state index is 13.1. The Kier molecular flexibility index (Phi) is 5.79. The number of carbonyl (C=O) groups is 1. The predicted molar refractivity (Wildman–Crippen MR) is 118 cm³/mol. The third-order valence-electron chi connectivity index (χ3n) is 6.30. The third-order valence-corrected chi connectivity index (χ3v) is 6.30. The molecular formula is C24H29FN4O2. The van der Waals surface area contributed by atoms with Gasteiger partial charge in [-0.05, 0) is 69.7 Å². The van der Waals surface area contributed by atoms with Crippen molar-refractivity contribution in [3.63, 3.8) is 0 Å². The molecule has 1 aliphatic rings. The van der Waals surface area contributed by atoms with Crippen LogP contribution in [0.25, 0.3) is 10.9 Å². The van der Waals surface area contributed by atoms with E-state index in [1.54, 1.807) is 13.8 Å². The monoisotopic (exact) mass is 424 g/mol. The number of rotatable bonds is 5. The van der Waals surface area contributed by atoms with E-state index in [1.165, 1.54) is 31.4 Å². The normalized spacial score (nSPS) is 19.5. The van der Waals surface area contributed by atoms with Crippen LogP contribution in [0.5, 0.6) is 0 Å². The molecule has 6 nitrogen and oxygen atoms in total. The molecule has 0 unspecified atom stereocenters. The van der Waals surface area contributed by atoms with Gasteiger partial charge in [-0.3, -0.25) is 9.48 Å². The zero-order valence-corrected chi connectivity index (χ0v) is 18.2. The van der Waals surface area contributed by atoms with Gasteiger partial charge in [0.1, 0.15) is 11.5 Å². The number of aliphatic hydroxyl groups is 1. The number of amides is 1. The van der Waals surface area contributed by atoms with Crippen LogP contribution >= 0.6 is 0 Å². The first-order chi connectivity index (χ1) is 14.7. The quantitative estimate of drug-likeness (QED) is 0.591. The molecule has 3 aromatic rings. The fraction of sp³-hybridized carbons (Fsp3) is 0.458. The highest BCUT2D eigenvalue weighted by Crippen LogP contribution is 2.36. The molecule has 4 rings (SSSR count). The second-order valence-corrected chi connectivity index (χ2v) is 9.02. The van der Waals surface area contributed by atoms with Gasteiger partial charge >= 0.3 is 0 Å². The van der Waals surface area contributed by atoms with Crippen LogP contribution in [0, 0.1) is 11.7 Å². The predicted octanol–water partition coefficient (Wildman–Crippen LogP) is 5.19. The Bertz CT molecular complexity index is 1080. The van der Waals surface area contributed by atoms with Crippen molar-refractivity contribution < 1.29 is 14.3 Å². The van der Waals surface area contributed by atoms with E-state index in [0.29, 0.717) is 17.3 Å². The minimum Gasteiger partial charge on any atom is -0.386 e. The Morgan fingerprint density at radius 1 is 1.26 bits per heavy atom. The maximum Gasteiger partial charge on any atom is 0.274 e. The summed E-state index contributed by atoms with van der Waals surface area (Å²) >= 11 is 0. The van der Waals surface area contributed by atoms with Gasteiger partial charge in [-0.25, -0.2) is 9.37 Å². The standard InChI is InChI=1S/C24H29FN4O2/c1-4-15-5-8-18(9-6-15)29-14-16-11-22(19(24(2,3)31)12-21(16)28-29)27-23(30)20-10-7-17(25)13-26-20/h7,10-15,18,31H,4-6,8-9H2,1-3H3,(H,27,30)/t15-,18-. The summed E-state index contributed by atoms with van der Waals surface area (Å²) in [5.74, 6) is -0.157. The lowest BCUT2D eigenvalue weighted by Gasteiger charge is -2.27. The number of benzene rings is 1. The van der Waals surface area contributed by atoms with Gasteiger partial charge in [0.15, 0.2) is 0 Å². The Labute approximate surface area is 181 Å². The number of anilines is 1. The van der Waals surface area contributed by atoms with E-state index < -0.39 is 17.3 Å². The molecule has 1 saturated carbocycles. The van der Waals surface area contributed by atoms with Crippen LogP contribution in [0.1, 0.15) is 75.0 Å². The summed E-state index contributed by atoms with van der Waals surface area (Å²) in [6.45, 7) is 5.59. The topological polar surface area (TPSA) is 80.0 Å². The first kappa shape index (κ1) is 21.4. The fourth-order valence-electron chi connectivity index (χ4n) is 4.40. The molecule has 0 bridgehead atoms. The van der Waals surface area contributed by atoms with E-state index in [4.69, 9.17) is 5.10 Å². The molecule has 31 heavy (non-hydrogen) atoms. The third kappa shape index (κ3) is 4.61. The summed E-state index contributed by atoms with van der Waals surface area (Å²) in [6.07, 6.45) is 8.93. The molecule has 1 amide bonds. The van der Waals surface area contributed by atoms with Gasteiger partial charge < -0.3 is 10.4 Å². The number of pyridine rings is 1. The van der Waals surface area contributed by atoms with Gasteiger partial charge in [-0.2, -0.15) is 5.10 Å². The van der Waals surface area contributed by atoms with Crippen LogP contribution in [0.4, 0.5) is 10.1 Å². The molecule has 7 heteroatoms. The van der Waals surface area contributed by atoms with E-state index in [-0.39, 0.29) is 5.69 Å². The molecule has 0 saturated heterocycles. The van der Waals surface area contributed by atoms with Crippen LogP contribution in [0.3, 0.4) is 0 Å². The summed E-state index contributed by atoms with van der Waals surface area (Å²) < 4.78 is 15.2. The van der Waals surface area contributed by atoms with Crippen LogP contribution in [0.15, 0.2) is 36.7 Å². The highest BCUT2D eigenvalue weighted by Gasteiger charge is 2.25. The zero-order valence-electron chi connectivity index (χ0n) is 18.2. The van der Waals surface area contributed by atoms with Gasteiger partial charge in [0.25, 0.3) is 5.91 Å². The van der Waals surface area contributed by atoms with Crippen molar-refractivity contribution in [1.29, 1.82) is 0 Å². The Morgan fingerprint density at radius 2 is 2.00 bits per heavy atom. The number of nitrogens with zero attached hydrogens (tertiary/aromatic N) is 3. The lowest BCUT2D eigenvalue weighted by Crippen LogP contribution is -2.21. The lowest BCUT2D eigenvalue weighted by molar-refractivity contribution is 0.0793. The Balaban J connectivity index is 1.65. The van der Waals surface area contributed by atoms with E-state index in [2.05, 4.69) is 17.2 Å². The van der Waals surface area contributed by atoms with Gasteiger partial charge in [-0.15, -0.1) is 0 Å². The molecule has 2 aromatic heterocycles. The summed E-state index contributed by atoms with van der Waals surface area (Å²) in [5.41, 5.74) is 0.760. The van der Waals surface area contributed by atoms with E-state index in [0.717, 1.165) is 35.9 Å². The molecule has 0 spiro atoms. The molecule has 0 aliphatic heterocycles. The highest BCUT2D eigenvalue weighted by atomic mass is 19.1. The van der Waals surface area contributed by atoms with E-state index in [1.807, 2.05) is 23.0 Å². The van der Waals surface area contributed by atoms with Crippen LogP contribution in [-0.4, -0.2) is 25.8 Å². The Hall–Kier alpha value is -2.80. The summed E-state index contributed by atoms with van der Waals surface area (Å²) in [4.78, 5) is 16.5. The van der Waals surface area contributed by atoms with Crippen LogP contribution in [-0.2, 0) is 5.60 Å². The zero-order chi connectivity index (χ0) is 22.2. The van der Waals surface area contributed by atoms with Crippen molar-refractivity contribution in [3.05, 3.63) is 53.7 Å². The summed E-state index contributed by atoms with van der Waals surface area (Å²) in [6, 6.07) is 6.57. The molecular weight excluding hydrogens is 395 g/mol. The van der Waals surface area contributed by atoms with Crippen molar-refractivity contribution in [2.75, 3.05) is 5.32 Å². The average Bonchev–Trinajstić information content (AvgIpc) is 3.16. The maximum absolute atomic E-state index is 13.1. The number of carbonyl (C=O) groups excluding carboxylic acids is 1. The molecule has 0 atom stereocenters. The largest absolute Gasteiger partial charge is 0.386 e. The van der Waals surface area contributed by atoms with Crippen molar-refractivity contribution in [2.24, 2.45) is 5.92 Å². The number of fused-ring (bicyclic) bond motifs is 1. The van der Waals surface area contributed by atoms with Gasteiger partial charge in [-0.1, -0.05) is 13.3 Å². The van der Waals surface area contributed by atoms with Crippen LogP contribution < -0.4 is 5.32 Å². The smallest absolute Gasteiger partial charge is 0.274 e.